The summed E-state index contributed by atoms with van der Waals surface area (Å²) in [6, 6.07) is 0.700. The minimum absolute atomic E-state index is 0.438. The third-order valence-electron chi connectivity index (χ3n) is 2.76. The van der Waals surface area contributed by atoms with Gasteiger partial charge in [0.25, 0.3) is 0 Å². The number of quaternary nitrogens is 1. The predicted octanol–water partition coefficient (Wildman–Crippen LogP) is 1.26. The maximum atomic E-state index is 5.60. The number of likely N-dealkylation sites (N-methyl/N-ethyl adjacent to an activating group) is 1. The van der Waals surface area contributed by atoms with Crippen molar-refractivity contribution in [1.82, 2.24) is 0 Å². The Morgan fingerprint density at radius 2 is 2.09 bits per heavy atom. The zero-order chi connectivity index (χ0) is 8.48. The van der Waals surface area contributed by atoms with Crippen LogP contribution >= 0.6 is 0 Å². The van der Waals surface area contributed by atoms with Crippen LogP contribution in [0.5, 0.6) is 0 Å². The van der Waals surface area contributed by atoms with Crippen LogP contribution in [-0.4, -0.2) is 43.9 Å². The molecule has 2 atom stereocenters. The van der Waals surface area contributed by atoms with Gasteiger partial charge in [0.05, 0.1) is 20.7 Å². The summed E-state index contributed by atoms with van der Waals surface area (Å²) < 4.78 is 6.72. The summed E-state index contributed by atoms with van der Waals surface area (Å²) >= 11 is 0. The van der Waals surface area contributed by atoms with Crippen molar-refractivity contribution in [2.75, 3.05) is 27.2 Å². The number of hydrogen-bond acceptors (Lipinski definition) is 1. The first-order valence-electron chi connectivity index (χ1n) is 4.50. The molecule has 0 radical (unpaired) electrons. The standard InChI is InChI=1S/C9H20NO/c1-5-9-7-11-8(2)6-10(9,3)4/h8-9H,5-7H2,1-4H3/q+1. The monoisotopic (exact) mass is 158 g/mol. The van der Waals surface area contributed by atoms with E-state index in [-0.39, 0.29) is 0 Å². The lowest BCUT2D eigenvalue weighted by atomic mass is 10.1. The largest absolute Gasteiger partial charge is 0.366 e. The van der Waals surface area contributed by atoms with Crippen molar-refractivity contribution in [2.45, 2.75) is 32.4 Å². The van der Waals surface area contributed by atoms with Crippen molar-refractivity contribution in [3.05, 3.63) is 0 Å². The van der Waals surface area contributed by atoms with E-state index in [0.29, 0.717) is 12.1 Å². The van der Waals surface area contributed by atoms with Crippen LogP contribution in [0.3, 0.4) is 0 Å². The van der Waals surface area contributed by atoms with Gasteiger partial charge in [0, 0.05) is 0 Å². The third kappa shape index (κ3) is 1.94. The van der Waals surface area contributed by atoms with E-state index in [0.717, 1.165) is 17.6 Å². The van der Waals surface area contributed by atoms with Crippen LogP contribution in [-0.2, 0) is 4.74 Å². The highest BCUT2D eigenvalue weighted by atomic mass is 16.5. The summed E-state index contributed by atoms with van der Waals surface area (Å²) in [6.45, 7) is 6.49. The summed E-state index contributed by atoms with van der Waals surface area (Å²) in [6.07, 6.45) is 1.66. The van der Waals surface area contributed by atoms with Crippen molar-refractivity contribution in [1.29, 1.82) is 0 Å². The second-order valence-electron chi connectivity index (χ2n) is 4.17. The summed E-state index contributed by atoms with van der Waals surface area (Å²) in [5.74, 6) is 0. The van der Waals surface area contributed by atoms with Gasteiger partial charge in [-0.25, -0.2) is 0 Å². The second-order valence-corrected chi connectivity index (χ2v) is 4.17. The number of rotatable bonds is 1. The molecule has 1 rings (SSSR count). The summed E-state index contributed by atoms with van der Waals surface area (Å²) in [5, 5.41) is 0. The highest BCUT2D eigenvalue weighted by Crippen LogP contribution is 2.18. The van der Waals surface area contributed by atoms with Crippen LogP contribution in [0.25, 0.3) is 0 Å². The van der Waals surface area contributed by atoms with Crippen LogP contribution in [0, 0.1) is 0 Å². The lowest BCUT2D eigenvalue weighted by Crippen LogP contribution is -2.58. The van der Waals surface area contributed by atoms with Crippen LogP contribution in [0.1, 0.15) is 20.3 Å². The molecule has 0 amide bonds. The Morgan fingerprint density at radius 3 is 2.55 bits per heavy atom. The molecule has 1 aliphatic heterocycles. The lowest BCUT2D eigenvalue weighted by molar-refractivity contribution is -0.926. The van der Waals surface area contributed by atoms with Gasteiger partial charge in [-0.15, -0.1) is 0 Å². The van der Waals surface area contributed by atoms with E-state index < -0.39 is 0 Å². The van der Waals surface area contributed by atoms with Gasteiger partial charge in [-0.2, -0.15) is 0 Å². The van der Waals surface area contributed by atoms with E-state index in [9.17, 15) is 0 Å². The van der Waals surface area contributed by atoms with Crippen molar-refractivity contribution in [2.24, 2.45) is 0 Å². The topological polar surface area (TPSA) is 9.23 Å². The van der Waals surface area contributed by atoms with E-state index in [1.54, 1.807) is 0 Å². The number of nitrogens with zero attached hydrogens (tertiary/aromatic N) is 1. The molecular weight excluding hydrogens is 138 g/mol. The van der Waals surface area contributed by atoms with Gasteiger partial charge in [0.1, 0.15) is 18.7 Å². The minimum atomic E-state index is 0.438. The smallest absolute Gasteiger partial charge is 0.112 e. The maximum absolute atomic E-state index is 5.60. The van der Waals surface area contributed by atoms with Gasteiger partial charge in [0.15, 0.2) is 0 Å². The van der Waals surface area contributed by atoms with E-state index in [2.05, 4.69) is 27.9 Å². The Bertz CT molecular complexity index is 134. The zero-order valence-electron chi connectivity index (χ0n) is 8.13. The first kappa shape index (κ1) is 9.01. The third-order valence-corrected chi connectivity index (χ3v) is 2.76. The molecule has 66 valence electrons. The Balaban J connectivity index is 2.56. The average molecular weight is 158 g/mol. The van der Waals surface area contributed by atoms with Gasteiger partial charge >= 0.3 is 0 Å². The Morgan fingerprint density at radius 1 is 1.45 bits per heavy atom. The summed E-state index contributed by atoms with van der Waals surface area (Å²) in [5.41, 5.74) is 0. The molecule has 1 saturated heterocycles. The molecule has 0 N–H and O–H groups in total. The van der Waals surface area contributed by atoms with Crippen LogP contribution in [0.15, 0.2) is 0 Å². The Hall–Kier alpha value is -0.0800. The fraction of sp³-hybridized carbons (Fsp3) is 1.00. The fourth-order valence-corrected chi connectivity index (χ4v) is 1.95. The predicted molar refractivity (Wildman–Crippen MR) is 46.5 cm³/mol. The number of ether oxygens (including phenoxy) is 1. The highest BCUT2D eigenvalue weighted by Gasteiger charge is 2.33. The zero-order valence-corrected chi connectivity index (χ0v) is 8.13. The molecule has 0 aromatic carbocycles. The quantitative estimate of drug-likeness (QED) is 0.522. The SMILES string of the molecule is CCC1COC(C)C[N+]1(C)C. The normalized spacial score (nSPS) is 37.1. The van der Waals surface area contributed by atoms with Crippen LogP contribution < -0.4 is 0 Å². The van der Waals surface area contributed by atoms with E-state index >= 15 is 0 Å². The van der Waals surface area contributed by atoms with E-state index in [4.69, 9.17) is 4.74 Å². The Labute approximate surface area is 69.7 Å². The van der Waals surface area contributed by atoms with E-state index in [1.165, 1.54) is 6.42 Å². The molecule has 1 fully saturated rings. The van der Waals surface area contributed by atoms with Crippen LogP contribution in [0.4, 0.5) is 0 Å². The van der Waals surface area contributed by atoms with Crippen molar-refractivity contribution in [3.8, 4) is 0 Å². The van der Waals surface area contributed by atoms with Crippen molar-refractivity contribution < 1.29 is 9.22 Å². The van der Waals surface area contributed by atoms with Gasteiger partial charge in [-0.05, 0) is 13.3 Å². The molecule has 1 aliphatic rings. The molecular formula is C9H20NO+. The molecule has 0 aliphatic carbocycles. The van der Waals surface area contributed by atoms with Crippen molar-refractivity contribution in [3.63, 3.8) is 0 Å². The van der Waals surface area contributed by atoms with E-state index in [1.807, 2.05) is 0 Å². The summed E-state index contributed by atoms with van der Waals surface area (Å²) in [4.78, 5) is 0. The number of hydrogen-bond donors (Lipinski definition) is 0. The fourth-order valence-electron chi connectivity index (χ4n) is 1.95. The molecule has 11 heavy (non-hydrogen) atoms. The van der Waals surface area contributed by atoms with Crippen LogP contribution in [0.2, 0.25) is 0 Å². The highest BCUT2D eigenvalue weighted by molar-refractivity contribution is 4.63. The second kappa shape index (κ2) is 3.11. The van der Waals surface area contributed by atoms with Crippen molar-refractivity contribution >= 4 is 0 Å². The minimum Gasteiger partial charge on any atom is -0.366 e. The maximum Gasteiger partial charge on any atom is 0.112 e. The Kier molecular flexibility index (Phi) is 2.55. The first-order valence-corrected chi connectivity index (χ1v) is 4.50. The molecule has 0 aromatic rings. The molecule has 0 aromatic heterocycles. The number of morpholine rings is 1. The molecule has 0 bridgehead atoms. The van der Waals surface area contributed by atoms with Gasteiger partial charge < -0.3 is 9.22 Å². The van der Waals surface area contributed by atoms with Gasteiger partial charge in [0.2, 0.25) is 0 Å². The average Bonchev–Trinajstić information content (AvgIpc) is 1.85. The lowest BCUT2D eigenvalue weighted by Gasteiger charge is -2.43. The molecule has 2 heteroatoms. The molecule has 0 spiro atoms. The molecule has 0 saturated carbocycles. The van der Waals surface area contributed by atoms with Gasteiger partial charge in [-0.3, -0.25) is 0 Å². The van der Waals surface area contributed by atoms with Gasteiger partial charge in [-0.1, -0.05) is 6.92 Å². The molecule has 2 nitrogen and oxygen atoms in total. The molecule has 2 unspecified atom stereocenters. The first-order chi connectivity index (χ1) is 5.06. The molecule has 1 heterocycles. The summed E-state index contributed by atoms with van der Waals surface area (Å²) in [7, 11) is 4.60.